The summed E-state index contributed by atoms with van der Waals surface area (Å²) in [5, 5.41) is 3.25. The summed E-state index contributed by atoms with van der Waals surface area (Å²) in [6, 6.07) is 0.260. The zero-order chi connectivity index (χ0) is 10.9. The van der Waals surface area contributed by atoms with E-state index < -0.39 is 10.2 Å². The van der Waals surface area contributed by atoms with Gasteiger partial charge in [0.2, 0.25) is 0 Å². The van der Waals surface area contributed by atoms with E-state index >= 15 is 0 Å². The van der Waals surface area contributed by atoms with E-state index in [4.69, 9.17) is 0 Å². The Morgan fingerprint density at radius 1 is 1.13 bits per heavy atom. The van der Waals surface area contributed by atoms with E-state index in [9.17, 15) is 8.42 Å². The lowest BCUT2D eigenvalue weighted by atomic mass is 10.3. The van der Waals surface area contributed by atoms with Crippen molar-refractivity contribution in [3.63, 3.8) is 0 Å². The summed E-state index contributed by atoms with van der Waals surface area (Å²) in [4.78, 5) is 0. The Balaban J connectivity index is 2.07. The van der Waals surface area contributed by atoms with Gasteiger partial charge >= 0.3 is 0 Å². The first-order valence-electron chi connectivity index (χ1n) is 5.59. The van der Waals surface area contributed by atoms with Gasteiger partial charge in [0.05, 0.1) is 0 Å². The molecule has 1 atom stereocenters. The van der Waals surface area contributed by atoms with E-state index in [2.05, 4.69) is 5.32 Å². The van der Waals surface area contributed by atoms with E-state index in [0.717, 1.165) is 19.4 Å². The maximum absolute atomic E-state index is 12.2. The van der Waals surface area contributed by atoms with Crippen molar-refractivity contribution >= 4 is 10.2 Å². The minimum absolute atomic E-state index is 0.260. The Morgan fingerprint density at radius 2 is 1.80 bits per heavy atom. The van der Waals surface area contributed by atoms with Crippen molar-refractivity contribution in [2.24, 2.45) is 0 Å². The van der Waals surface area contributed by atoms with Crippen LogP contribution in [0.5, 0.6) is 0 Å². The maximum Gasteiger partial charge on any atom is 0.282 e. The summed E-state index contributed by atoms with van der Waals surface area (Å²) >= 11 is 0. The molecule has 2 fully saturated rings. The van der Waals surface area contributed by atoms with Crippen LogP contribution in [-0.2, 0) is 10.2 Å². The zero-order valence-electron chi connectivity index (χ0n) is 9.15. The molecule has 2 aliphatic heterocycles. The van der Waals surface area contributed by atoms with Gasteiger partial charge in [-0.2, -0.15) is 17.0 Å². The van der Waals surface area contributed by atoms with E-state index in [1.54, 1.807) is 8.61 Å². The number of nitrogens with zero attached hydrogens (tertiary/aromatic N) is 2. The fraction of sp³-hybridized carbons (Fsp3) is 1.00. The summed E-state index contributed by atoms with van der Waals surface area (Å²) < 4.78 is 27.5. The molecule has 2 aliphatic rings. The third kappa shape index (κ3) is 2.33. The summed E-state index contributed by atoms with van der Waals surface area (Å²) in [5.41, 5.74) is 0. The third-order valence-corrected chi connectivity index (χ3v) is 5.05. The summed E-state index contributed by atoms with van der Waals surface area (Å²) in [7, 11) is -3.17. The highest BCUT2D eigenvalue weighted by Crippen LogP contribution is 2.17. The highest BCUT2D eigenvalue weighted by Gasteiger charge is 2.33. The first kappa shape index (κ1) is 11.3. The second-order valence-electron chi connectivity index (χ2n) is 4.33. The lowest BCUT2D eigenvalue weighted by Crippen LogP contribution is -2.54. The molecule has 0 spiro atoms. The molecule has 6 heteroatoms. The van der Waals surface area contributed by atoms with Crippen molar-refractivity contribution in [2.75, 3.05) is 32.7 Å². The van der Waals surface area contributed by atoms with Crippen LogP contribution >= 0.6 is 0 Å². The Kier molecular flexibility index (Phi) is 3.30. The van der Waals surface area contributed by atoms with Crippen LogP contribution in [0.4, 0.5) is 0 Å². The molecule has 5 nitrogen and oxygen atoms in total. The molecule has 1 N–H and O–H groups in total. The van der Waals surface area contributed by atoms with Crippen LogP contribution in [0.2, 0.25) is 0 Å². The van der Waals surface area contributed by atoms with Gasteiger partial charge in [-0.3, -0.25) is 0 Å². The van der Waals surface area contributed by atoms with Crippen LogP contribution in [-0.4, -0.2) is 55.8 Å². The zero-order valence-corrected chi connectivity index (χ0v) is 9.96. The van der Waals surface area contributed by atoms with Crippen LogP contribution in [0, 0.1) is 0 Å². The molecule has 15 heavy (non-hydrogen) atoms. The van der Waals surface area contributed by atoms with Crippen LogP contribution in [0.3, 0.4) is 0 Å². The molecule has 2 heterocycles. The number of nitrogens with one attached hydrogen (secondary N) is 1. The van der Waals surface area contributed by atoms with E-state index in [0.29, 0.717) is 26.2 Å². The molecule has 2 rings (SSSR count). The SMILES string of the molecule is CC1CN(S(=O)(=O)N2CCCC2)CCN1. The van der Waals surface area contributed by atoms with Gasteiger partial charge in [-0.25, -0.2) is 0 Å². The maximum atomic E-state index is 12.2. The predicted octanol–water partition coefficient (Wildman–Crippen LogP) is -0.379. The van der Waals surface area contributed by atoms with Crippen molar-refractivity contribution < 1.29 is 8.42 Å². The van der Waals surface area contributed by atoms with Gasteiger partial charge in [-0.05, 0) is 19.8 Å². The molecular formula is C9H19N3O2S. The average molecular weight is 233 g/mol. The number of piperazine rings is 1. The molecule has 1 unspecified atom stereocenters. The minimum Gasteiger partial charge on any atom is -0.312 e. The van der Waals surface area contributed by atoms with Crippen LogP contribution in [0.1, 0.15) is 19.8 Å². The summed E-state index contributed by atoms with van der Waals surface area (Å²) in [5.74, 6) is 0. The highest BCUT2D eigenvalue weighted by molar-refractivity contribution is 7.86. The topological polar surface area (TPSA) is 52.7 Å². The van der Waals surface area contributed by atoms with Crippen LogP contribution < -0.4 is 5.32 Å². The predicted molar refractivity (Wildman–Crippen MR) is 58.8 cm³/mol. The lowest BCUT2D eigenvalue weighted by molar-refractivity contribution is 0.288. The first-order chi connectivity index (χ1) is 7.10. The third-order valence-electron chi connectivity index (χ3n) is 3.05. The van der Waals surface area contributed by atoms with Gasteiger partial charge in [0.15, 0.2) is 0 Å². The van der Waals surface area contributed by atoms with Gasteiger partial charge in [0.25, 0.3) is 10.2 Å². The van der Waals surface area contributed by atoms with Crippen molar-refractivity contribution in [3.05, 3.63) is 0 Å². The molecular weight excluding hydrogens is 214 g/mol. The minimum atomic E-state index is -3.17. The number of hydrogen-bond donors (Lipinski definition) is 1. The monoisotopic (exact) mass is 233 g/mol. The molecule has 0 aromatic heterocycles. The van der Waals surface area contributed by atoms with Crippen molar-refractivity contribution in [1.29, 1.82) is 0 Å². The molecule has 0 aromatic rings. The lowest BCUT2D eigenvalue weighted by Gasteiger charge is -2.33. The molecule has 0 radical (unpaired) electrons. The quantitative estimate of drug-likeness (QED) is 0.707. The van der Waals surface area contributed by atoms with E-state index in [1.165, 1.54) is 0 Å². The Morgan fingerprint density at radius 3 is 2.40 bits per heavy atom. The summed E-state index contributed by atoms with van der Waals surface area (Å²) in [6.07, 6.45) is 2.00. The fourth-order valence-corrected chi connectivity index (χ4v) is 3.97. The van der Waals surface area contributed by atoms with Gasteiger partial charge in [-0.15, -0.1) is 0 Å². The smallest absolute Gasteiger partial charge is 0.282 e. The molecule has 0 bridgehead atoms. The van der Waals surface area contributed by atoms with E-state index in [-0.39, 0.29) is 6.04 Å². The van der Waals surface area contributed by atoms with Crippen LogP contribution in [0.15, 0.2) is 0 Å². The first-order valence-corrected chi connectivity index (χ1v) is 6.99. The molecule has 88 valence electrons. The molecule has 0 amide bonds. The largest absolute Gasteiger partial charge is 0.312 e. The Labute approximate surface area is 91.6 Å². The van der Waals surface area contributed by atoms with Crippen molar-refractivity contribution in [2.45, 2.75) is 25.8 Å². The van der Waals surface area contributed by atoms with Crippen molar-refractivity contribution in [1.82, 2.24) is 13.9 Å². The van der Waals surface area contributed by atoms with Gasteiger partial charge in [-0.1, -0.05) is 0 Å². The van der Waals surface area contributed by atoms with Gasteiger partial charge < -0.3 is 5.32 Å². The fourth-order valence-electron chi connectivity index (χ4n) is 2.19. The highest BCUT2D eigenvalue weighted by atomic mass is 32.2. The standard InChI is InChI=1S/C9H19N3O2S/c1-9-8-12(7-4-10-9)15(13,14)11-5-2-3-6-11/h9-10H,2-8H2,1H3. The summed E-state index contributed by atoms with van der Waals surface area (Å²) in [6.45, 7) is 5.36. The van der Waals surface area contributed by atoms with E-state index in [1.807, 2.05) is 6.92 Å². The molecule has 0 saturated carbocycles. The second-order valence-corrected chi connectivity index (χ2v) is 6.26. The molecule has 0 aliphatic carbocycles. The average Bonchev–Trinajstić information content (AvgIpc) is 2.71. The van der Waals surface area contributed by atoms with Gasteiger partial charge in [0, 0.05) is 38.8 Å². The Hall–Kier alpha value is -0.170. The molecule has 0 aromatic carbocycles. The number of rotatable bonds is 2. The second kappa shape index (κ2) is 4.37. The van der Waals surface area contributed by atoms with Crippen LogP contribution in [0.25, 0.3) is 0 Å². The molecule has 2 saturated heterocycles. The Bertz CT molecular complexity index is 311. The van der Waals surface area contributed by atoms with Crippen molar-refractivity contribution in [3.8, 4) is 0 Å². The normalized spacial score (nSPS) is 30.9. The van der Waals surface area contributed by atoms with Gasteiger partial charge in [0.1, 0.15) is 0 Å². The number of hydrogen-bond acceptors (Lipinski definition) is 3.